The van der Waals surface area contributed by atoms with Crippen LogP contribution in [0, 0.1) is 6.92 Å². The number of halogens is 1. The quantitative estimate of drug-likeness (QED) is 0.866. The first-order valence-electron chi connectivity index (χ1n) is 6.89. The number of likely N-dealkylation sites (tertiary alicyclic amines) is 1. The number of hydrogen-bond donors (Lipinski definition) is 2. The van der Waals surface area contributed by atoms with Crippen LogP contribution in [0.25, 0.3) is 0 Å². The first-order chi connectivity index (χ1) is 9.90. The lowest BCUT2D eigenvalue weighted by Gasteiger charge is -2.35. The van der Waals surface area contributed by atoms with Crippen LogP contribution in [0.15, 0.2) is 18.2 Å². The molecule has 0 unspecified atom stereocenters. The molecule has 0 saturated carbocycles. The van der Waals surface area contributed by atoms with Crippen LogP contribution in [-0.2, 0) is 4.79 Å². The number of amides is 2. The SMILES string of the molecule is CC(=O)N1CC[C@@H](NC(=O)c2cccc(C)c2Cl)[C@H](O)C1. The maximum atomic E-state index is 12.3. The van der Waals surface area contributed by atoms with Gasteiger partial charge in [0.05, 0.1) is 22.7 Å². The van der Waals surface area contributed by atoms with E-state index >= 15 is 0 Å². The third-order valence-corrected chi connectivity index (χ3v) is 4.28. The molecule has 0 bridgehead atoms. The number of hydrogen-bond acceptors (Lipinski definition) is 3. The average molecular weight is 311 g/mol. The third kappa shape index (κ3) is 3.54. The van der Waals surface area contributed by atoms with Crippen molar-refractivity contribution < 1.29 is 14.7 Å². The van der Waals surface area contributed by atoms with E-state index in [1.54, 1.807) is 17.0 Å². The Kier molecular flexibility index (Phi) is 4.85. The van der Waals surface area contributed by atoms with Crippen molar-refractivity contribution in [2.45, 2.75) is 32.4 Å². The largest absolute Gasteiger partial charge is 0.389 e. The second-order valence-electron chi connectivity index (χ2n) is 5.34. The van der Waals surface area contributed by atoms with Gasteiger partial charge in [-0.2, -0.15) is 0 Å². The molecule has 1 aliphatic rings. The average Bonchev–Trinajstić information content (AvgIpc) is 2.43. The highest BCUT2D eigenvalue weighted by atomic mass is 35.5. The van der Waals surface area contributed by atoms with Crippen LogP contribution in [0.4, 0.5) is 0 Å². The van der Waals surface area contributed by atoms with Gasteiger partial charge in [-0.3, -0.25) is 9.59 Å². The van der Waals surface area contributed by atoms with Crippen molar-refractivity contribution in [1.29, 1.82) is 0 Å². The van der Waals surface area contributed by atoms with Gasteiger partial charge >= 0.3 is 0 Å². The van der Waals surface area contributed by atoms with E-state index in [-0.39, 0.29) is 24.4 Å². The molecule has 1 saturated heterocycles. The maximum Gasteiger partial charge on any atom is 0.253 e. The zero-order valence-corrected chi connectivity index (χ0v) is 12.9. The summed E-state index contributed by atoms with van der Waals surface area (Å²) in [5.74, 6) is -0.371. The number of β-amino-alcohol motifs (C(OH)–C–C–N with tert-alkyl or cyclic N) is 1. The molecule has 2 N–H and O–H groups in total. The molecular formula is C15H19ClN2O3. The lowest BCUT2D eigenvalue weighted by atomic mass is 10.0. The predicted molar refractivity (Wildman–Crippen MR) is 80.3 cm³/mol. The van der Waals surface area contributed by atoms with E-state index in [4.69, 9.17) is 11.6 Å². The van der Waals surface area contributed by atoms with Crippen molar-refractivity contribution in [2.24, 2.45) is 0 Å². The number of carbonyl (C=O) groups is 2. The number of nitrogens with one attached hydrogen (secondary N) is 1. The van der Waals surface area contributed by atoms with Crippen LogP contribution < -0.4 is 5.32 Å². The van der Waals surface area contributed by atoms with Crippen molar-refractivity contribution in [2.75, 3.05) is 13.1 Å². The summed E-state index contributed by atoms with van der Waals surface area (Å²) in [6.45, 7) is 4.07. The Hall–Kier alpha value is -1.59. The highest BCUT2D eigenvalue weighted by molar-refractivity contribution is 6.34. The Balaban J connectivity index is 2.03. The molecule has 5 nitrogen and oxygen atoms in total. The van der Waals surface area contributed by atoms with Gasteiger partial charge in [-0.15, -0.1) is 0 Å². The van der Waals surface area contributed by atoms with Crippen LogP contribution >= 0.6 is 11.6 Å². The van der Waals surface area contributed by atoms with Gasteiger partial charge in [-0.1, -0.05) is 23.7 Å². The van der Waals surface area contributed by atoms with Crippen LogP contribution in [0.3, 0.4) is 0 Å². The molecule has 2 atom stereocenters. The molecule has 114 valence electrons. The van der Waals surface area contributed by atoms with Crippen molar-refractivity contribution in [3.8, 4) is 0 Å². The fraction of sp³-hybridized carbons (Fsp3) is 0.467. The molecule has 21 heavy (non-hydrogen) atoms. The Morgan fingerprint density at radius 3 is 2.76 bits per heavy atom. The van der Waals surface area contributed by atoms with Crippen LogP contribution in [0.1, 0.15) is 29.3 Å². The fourth-order valence-electron chi connectivity index (χ4n) is 2.45. The summed E-state index contributed by atoms with van der Waals surface area (Å²) in [5.41, 5.74) is 1.23. The van der Waals surface area contributed by atoms with E-state index in [1.807, 2.05) is 13.0 Å². The number of rotatable bonds is 2. The van der Waals surface area contributed by atoms with Gasteiger partial charge in [-0.05, 0) is 25.0 Å². The molecule has 1 heterocycles. The molecule has 2 rings (SSSR count). The maximum absolute atomic E-state index is 12.3. The molecule has 1 aliphatic heterocycles. The molecule has 0 aromatic heterocycles. The zero-order valence-electron chi connectivity index (χ0n) is 12.1. The third-order valence-electron chi connectivity index (χ3n) is 3.78. The number of piperidine rings is 1. The van der Waals surface area contributed by atoms with Gasteiger partial charge in [0.25, 0.3) is 5.91 Å². The standard InChI is InChI=1S/C15H19ClN2O3/c1-9-4-3-5-11(14(9)16)15(21)17-12-6-7-18(10(2)19)8-13(12)20/h3-5,12-13,20H,6-8H2,1-2H3,(H,17,21)/t12-,13-/m1/s1. The molecule has 1 aromatic rings. The van der Waals surface area contributed by atoms with E-state index in [0.717, 1.165) is 5.56 Å². The Morgan fingerprint density at radius 2 is 2.14 bits per heavy atom. The molecule has 1 aromatic carbocycles. The summed E-state index contributed by atoms with van der Waals surface area (Å²) in [6.07, 6.45) is -0.245. The topological polar surface area (TPSA) is 69.6 Å². The van der Waals surface area contributed by atoms with Gasteiger partial charge in [-0.25, -0.2) is 0 Å². The number of carbonyl (C=O) groups excluding carboxylic acids is 2. The van der Waals surface area contributed by atoms with E-state index in [9.17, 15) is 14.7 Å². The summed E-state index contributed by atoms with van der Waals surface area (Å²) < 4.78 is 0. The fourth-order valence-corrected chi connectivity index (χ4v) is 2.67. The Bertz CT molecular complexity index is 562. The van der Waals surface area contributed by atoms with Crippen molar-refractivity contribution >= 4 is 23.4 Å². The minimum Gasteiger partial charge on any atom is -0.389 e. The summed E-state index contributed by atoms with van der Waals surface area (Å²) in [7, 11) is 0. The number of aliphatic hydroxyl groups excluding tert-OH is 1. The summed E-state index contributed by atoms with van der Waals surface area (Å²) in [5, 5.41) is 13.3. The summed E-state index contributed by atoms with van der Waals surface area (Å²) in [6, 6.07) is 4.89. The molecule has 0 radical (unpaired) electrons. The first kappa shape index (κ1) is 15.8. The Morgan fingerprint density at radius 1 is 1.43 bits per heavy atom. The van der Waals surface area contributed by atoms with Crippen LogP contribution in [0.2, 0.25) is 5.02 Å². The number of aliphatic hydroxyl groups is 1. The molecule has 0 aliphatic carbocycles. The molecular weight excluding hydrogens is 292 g/mol. The molecule has 6 heteroatoms. The van der Waals surface area contributed by atoms with Crippen molar-refractivity contribution in [1.82, 2.24) is 10.2 Å². The van der Waals surface area contributed by atoms with Gasteiger partial charge < -0.3 is 15.3 Å². The number of benzene rings is 1. The van der Waals surface area contributed by atoms with E-state index in [2.05, 4.69) is 5.32 Å². The Labute approximate surface area is 128 Å². The summed E-state index contributed by atoms with van der Waals surface area (Å²) >= 11 is 6.13. The monoisotopic (exact) mass is 310 g/mol. The van der Waals surface area contributed by atoms with Gasteiger partial charge in [0.15, 0.2) is 0 Å². The predicted octanol–water partition coefficient (Wildman–Crippen LogP) is 1.36. The van der Waals surface area contributed by atoms with Crippen LogP contribution in [-0.4, -0.2) is 47.1 Å². The van der Waals surface area contributed by atoms with E-state index in [0.29, 0.717) is 23.6 Å². The lowest BCUT2D eigenvalue weighted by molar-refractivity contribution is -0.132. The summed E-state index contributed by atoms with van der Waals surface area (Å²) in [4.78, 5) is 25.1. The van der Waals surface area contributed by atoms with E-state index in [1.165, 1.54) is 6.92 Å². The molecule has 0 spiro atoms. The van der Waals surface area contributed by atoms with Crippen LogP contribution in [0.5, 0.6) is 0 Å². The highest BCUT2D eigenvalue weighted by Crippen LogP contribution is 2.21. The first-order valence-corrected chi connectivity index (χ1v) is 7.27. The smallest absolute Gasteiger partial charge is 0.253 e. The van der Waals surface area contributed by atoms with E-state index < -0.39 is 6.10 Å². The van der Waals surface area contributed by atoms with Crippen molar-refractivity contribution in [3.05, 3.63) is 34.3 Å². The van der Waals surface area contributed by atoms with Gasteiger partial charge in [0.2, 0.25) is 5.91 Å². The minimum absolute atomic E-state index is 0.0689. The number of nitrogens with zero attached hydrogens (tertiary/aromatic N) is 1. The molecule has 1 fully saturated rings. The van der Waals surface area contributed by atoms with Gasteiger partial charge in [0.1, 0.15) is 0 Å². The minimum atomic E-state index is -0.768. The lowest BCUT2D eigenvalue weighted by Crippen LogP contribution is -2.55. The second-order valence-corrected chi connectivity index (χ2v) is 5.72. The van der Waals surface area contributed by atoms with Gasteiger partial charge in [0, 0.05) is 20.0 Å². The zero-order chi connectivity index (χ0) is 15.6. The molecule has 2 amide bonds. The van der Waals surface area contributed by atoms with Crippen molar-refractivity contribution in [3.63, 3.8) is 0 Å². The highest BCUT2D eigenvalue weighted by Gasteiger charge is 2.30. The second kappa shape index (κ2) is 6.45. The normalized spacial score (nSPS) is 22.0. The number of aryl methyl sites for hydroxylation is 1.